The van der Waals surface area contributed by atoms with Crippen molar-refractivity contribution in [1.82, 2.24) is 0 Å². The van der Waals surface area contributed by atoms with E-state index < -0.39 is 7.37 Å². The van der Waals surface area contributed by atoms with E-state index in [1.807, 2.05) is 0 Å². The third kappa shape index (κ3) is 5.82. The maximum Gasteiger partial charge on any atom is 0.222 e. The highest BCUT2D eigenvalue weighted by Crippen LogP contribution is 2.50. The highest BCUT2D eigenvalue weighted by atomic mass is 127. The molecule has 0 radical (unpaired) electrons. The molecule has 0 saturated heterocycles. The number of alkyl halides is 2. The van der Waals surface area contributed by atoms with Gasteiger partial charge in [-0.05, 0) is 6.42 Å². The number of rotatable bonds is 6. The van der Waals surface area contributed by atoms with E-state index in [0.717, 1.165) is 12.8 Å². The van der Waals surface area contributed by atoms with Crippen molar-refractivity contribution in [2.24, 2.45) is 0 Å². The van der Waals surface area contributed by atoms with E-state index in [1.165, 1.54) is 0 Å². The predicted octanol–water partition coefficient (Wildman–Crippen LogP) is 3.87. The molecular weight excluding hydrogens is 389 g/mol. The molecule has 0 N–H and O–H groups in total. The predicted molar refractivity (Wildman–Crippen MR) is 66.2 cm³/mol. The standard InChI is InChI=1S/C6H13I2O2P/c1-2-3-4-10-11(9,5-7)6-8/h2-6H2,1H3. The summed E-state index contributed by atoms with van der Waals surface area (Å²) in [6.07, 6.45) is 2.11. The smallest absolute Gasteiger partial charge is 0.222 e. The molecule has 11 heavy (non-hydrogen) atoms. The molecule has 0 saturated carbocycles. The number of unbranched alkanes of at least 4 members (excludes halogenated alkanes) is 1. The average Bonchev–Trinajstić information content (AvgIpc) is 2.05. The van der Waals surface area contributed by atoms with E-state index in [-0.39, 0.29) is 0 Å². The summed E-state index contributed by atoms with van der Waals surface area (Å²) in [5.41, 5.74) is 0. The Morgan fingerprint density at radius 3 is 2.27 bits per heavy atom. The normalized spacial score (nSPS) is 11.9. The summed E-state index contributed by atoms with van der Waals surface area (Å²) in [6.45, 7) is 2.75. The fourth-order valence-electron chi connectivity index (χ4n) is 0.476. The Morgan fingerprint density at radius 1 is 1.36 bits per heavy atom. The monoisotopic (exact) mass is 402 g/mol. The number of hydrogen-bond donors (Lipinski definition) is 0. The zero-order valence-corrected chi connectivity index (χ0v) is 11.8. The summed E-state index contributed by atoms with van der Waals surface area (Å²) in [4.78, 5) is 0. The quantitative estimate of drug-likeness (QED) is 0.292. The largest absolute Gasteiger partial charge is 0.327 e. The maximum absolute atomic E-state index is 11.6. The van der Waals surface area contributed by atoms with Crippen LogP contribution in [0.2, 0.25) is 0 Å². The van der Waals surface area contributed by atoms with Crippen molar-refractivity contribution in [3.63, 3.8) is 0 Å². The molecular formula is C6H13I2O2P. The van der Waals surface area contributed by atoms with Crippen LogP contribution < -0.4 is 0 Å². The Labute approximate surface area is 95.6 Å². The van der Waals surface area contributed by atoms with E-state index in [2.05, 4.69) is 52.1 Å². The highest BCUT2D eigenvalue weighted by Gasteiger charge is 2.18. The van der Waals surface area contributed by atoms with Crippen LogP contribution in [0.5, 0.6) is 0 Å². The number of halogens is 2. The van der Waals surface area contributed by atoms with Gasteiger partial charge in [0.05, 0.1) is 14.9 Å². The van der Waals surface area contributed by atoms with Crippen molar-refractivity contribution >= 4 is 52.6 Å². The lowest BCUT2D eigenvalue weighted by molar-refractivity contribution is 0.312. The second kappa shape index (κ2) is 7.09. The molecule has 5 heteroatoms. The van der Waals surface area contributed by atoms with Crippen molar-refractivity contribution < 1.29 is 9.09 Å². The van der Waals surface area contributed by atoms with Gasteiger partial charge in [0.1, 0.15) is 0 Å². The Hall–Kier alpha value is 1.65. The van der Waals surface area contributed by atoms with E-state index in [1.54, 1.807) is 0 Å². The van der Waals surface area contributed by atoms with Crippen LogP contribution in [-0.2, 0) is 9.09 Å². The van der Waals surface area contributed by atoms with Crippen molar-refractivity contribution in [2.45, 2.75) is 19.8 Å². The minimum absolute atomic E-state index is 0.636. The second-order valence-corrected chi connectivity index (χ2v) is 8.70. The molecule has 0 atom stereocenters. The molecule has 0 aromatic heterocycles. The topological polar surface area (TPSA) is 26.3 Å². The average molecular weight is 402 g/mol. The summed E-state index contributed by atoms with van der Waals surface area (Å²) >= 11 is 4.25. The minimum Gasteiger partial charge on any atom is -0.327 e. The molecule has 0 aliphatic heterocycles. The van der Waals surface area contributed by atoms with Crippen LogP contribution in [0.25, 0.3) is 0 Å². The van der Waals surface area contributed by atoms with Crippen LogP contribution in [-0.4, -0.2) is 14.9 Å². The van der Waals surface area contributed by atoms with Gasteiger partial charge >= 0.3 is 0 Å². The first kappa shape index (κ1) is 12.7. The highest BCUT2D eigenvalue weighted by molar-refractivity contribution is 14.1. The summed E-state index contributed by atoms with van der Waals surface area (Å²) in [6, 6.07) is 0. The molecule has 0 spiro atoms. The molecule has 0 amide bonds. The van der Waals surface area contributed by atoms with E-state index in [9.17, 15) is 4.57 Å². The molecule has 0 heterocycles. The van der Waals surface area contributed by atoms with Crippen LogP contribution >= 0.6 is 52.6 Å². The van der Waals surface area contributed by atoms with Crippen molar-refractivity contribution in [3.05, 3.63) is 0 Å². The first-order chi connectivity index (χ1) is 5.18. The molecule has 0 bridgehead atoms. The van der Waals surface area contributed by atoms with Gasteiger partial charge in [-0.25, -0.2) is 0 Å². The van der Waals surface area contributed by atoms with Gasteiger partial charge in [-0.15, -0.1) is 0 Å². The van der Waals surface area contributed by atoms with E-state index in [0.29, 0.717) is 14.9 Å². The summed E-state index contributed by atoms with van der Waals surface area (Å²) in [5.74, 6) is 0. The van der Waals surface area contributed by atoms with Crippen LogP contribution in [0.3, 0.4) is 0 Å². The zero-order valence-electron chi connectivity index (χ0n) is 6.56. The van der Waals surface area contributed by atoms with Gasteiger partial charge in [-0.3, -0.25) is 4.57 Å². The lowest BCUT2D eigenvalue weighted by Gasteiger charge is -2.12. The van der Waals surface area contributed by atoms with Gasteiger partial charge in [0.15, 0.2) is 0 Å². The summed E-state index contributed by atoms with van der Waals surface area (Å²) in [7, 11) is -2.24. The van der Waals surface area contributed by atoms with Gasteiger partial charge in [-0.2, -0.15) is 0 Å². The SMILES string of the molecule is CCCCOP(=O)(CI)CI. The Balaban J connectivity index is 3.61. The van der Waals surface area contributed by atoms with Gasteiger partial charge < -0.3 is 4.52 Å². The second-order valence-electron chi connectivity index (χ2n) is 2.24. The molecule has 68 valence electrons. The van der Waals surface area contributed by atoms with Gasteiger partial charge in [-0.1, -0.05) is 58.5 Å². The Bertz CT molecular complexity index is 133. The molecule has 0 aliphatic carbocycles. The summed E-state index contributed by atoms with van der Waals surface area (Å²) < 4.78 is 18.2. The summed E-state index contributed by atoms with van der Waals surface area (Å²) in [5, 5.41) is 0. The van der Waals surface area contributed by atoms with Crippen molar-refractivity contribution in [3.8, 4) is 0 Å². The molecule has 2 nitrogen and oxygen atoms in total. The van der Waals surface area contributed by atoms with E-state index >= 15 is 0 Å². The first-order valence-electron chi connectivity index (χ1n) is 3.53. The molecule has 0 aromatic rings. The maximum atomic E-state index is 11.6. The van der Waals surface area contributed by atoms with Crippen molar-refractivity contribution in [2.75, 3.05) is 14.9 Å². The third-order valence-electron chi connectivity index (χ3n) is 1.19. The molecule has 0 rings (SSSR count). The van der Waals surface area contributed by atoms with Gasteiger partial charge in [0, 0.05) is 0 Å². The first-order valence-corrected chi connectivity index (χ1v) is 8.57. The van der Waals surface area contributed by atoms with Crippen LogP contribution in [0.4, 0.5) is 0 Å². The molecule has 0 aliphatic rings. The zero-order chi connectivity index (χ0) is 8.74. The van der Waals surface area contributed by atoms with Crippen LogP contribution in [0.1, 0.15) is 19.8 Å². The fourth-order valence-corrected chi connectivity index (χ4v) is 6.54. The molecule has 0 fully saturated rings. The van der Waals surface area contributed by atoms with Crippen LogP contribution in [0, 0.1) is 0 Å². The van der Waals surface area contributed by atoms with Crippen LogP contribution in [0.15, 0.2) is 0 Å². The van der Waals surface area contributed by atoms with Gasteiger partial charge in [0.25, 0.3) is 0 Å². The van der Waals surface area contributed by atoms with Crippen molar-refractivity contribution in [1.29, 1.82) is 0 Å². The third-order valence-corrected chi connectivity index (χ3v) is 8.81. The lowest BCUT2D eigenvalue weighted by Crippen LogP contribution is -1.94. The Morgan fingerprint density at radius 2 is 1.91 bits per heavy atom. The Kier molecular flexibility index (Phi) is 8.16. The van der Waals surface area contributed by atoms with E-state index in [4.69, 9.17) is 4.52 Å². The minimum atomic E-state index is -2.24. The molecule has 0 unspecified atom stereocenters. The number of hydrogen-bond acceptors (Lipinski definition) is 2. The lowest BCUT2D eigenvalue weighted by atomic mass is 10.4. The molecule has 0 aromatic carbocycles. The van der Waals surface area contributed by atoms with Gasteiger partial charge in [0.2, 0.25) is 7.37 Å². The fraction of sp³-hybridized carbons (Fsp3) is 1.00.